The molecule has 0 aromatic carbocycles. The van der Waals surface area contributed by atoms with Gasteiger partial charge < -0.3 is 0 Å². The highest BCUT2D eigenvalue weighted by Gasteiger charge is 2.16. The third-order valence-corrected chi connectivity index (χ3v) is 3.69. The van der Waals surface area contributed by atoms with Crippen LogP contribution in [0, 0.1) is 6.92 Å². The first kappa shape index (κ1) is 12.8. The number of hydrogen-bond donors (Lipinski definition) is 1. The Balaban J connectivity index is 2.57. The summed E-state index contributed by atoms with van der Waals surface area (Å²) in [5.74, 6) is -1.40. The summed E-state index contributed by atoms with van der Waals surface area (Å²) >= 11 is 1.19. The van der Waals surface area contributed by atoms with Crippen molar-refractivity contribution < 1.29 is 13.2 Å². The van der Waals surface area contributed by atoms with E-state index in [1.165, 1.54) is 17.4 Å². The summed E-state index contributed by atoms with van der Waals surface area (Å²) in [5.41, 5.74) is 0. The SMILES string of the molecule is C=CCS(=O)(=O)CC(=O)Nc1nnc(C)s1. The van der Waals surface area contributed by atoms with Gasteiger partial charge in [-0.05, 0) is 6.92 Å². The maximum Gasteiger partial charge on any atom is 0.241 e. The molecule has 6 nitrogen and oxygen atoms in total. The van der Waals surface area contributed by atoms with Gasteiger partial charge in [0, 0.05) is 0 Å². The van der Waals surface area contributed by atoms with Gasteiger partial charge in [0.05, 0.1) is 5.75 Å². The van der Waals surface area contributed by atoms with Crippen molar-refractivity contribution in [2.75, 3.05) is 16.8 Å². The number of rotatable bonds is 5. The molecule has 1 aromatic rings. The van der Waals surface area contributed by atoms with Crippen LogP contribution in [-0.2, 0) is 14.6 Å². The van der Waals surface area contributed by atoms with Crippen molar-refractivity contribution in [1.29, 1.82) is 0 Å². The Bertz CT molecular complexity index is 492. The zero-order chi connectivity index (χ0) is 12.2. The monoisotopic (exact) mass is 261 g/mol. The zero-order valence-corrected chi connectivity index (χ0v) is 10.3. The average Bonchev–Trinajstić information content (AvgIpc) is 2.49. The Kier molecular flexibility index (Phi) is 4.13. The molecular formula is C8H11N3O3S2. The summed E-state index contributed by atoms with van der Waals surface area (Å²) in [7, 11) is -3.42. The Labute approximate surface area is 97.3 Å². The third kappa shape index (κ3) is 4.07. The lowest BCUT2D eigenvalue weighted by Gasteiger charge is -2.00. The fourth-order valence-corrected chi connectivity index (χ4v) is 2.50. The molecule has 0 saturated carbocycles. The van der Waals surface area contributed by atoms with Crippen LogP contribution in [0.5, 0.6) is 0 Å². The fourth-order valence-electron chi connectivity index (χ4n) is 0.941. The molecule has 0 radical (unpaired) electrons. The van der Waals surface area contributed by atoms with Gasteiger partial charge in [0.2, 0.25) is 11.0 Å². The van der Waals surface area contributed by atoms with Crippen LogP contribution < -0.4 is 5.32 Å². The molecule has 1 N–H and O–H groups in total. The predicted molar refractivity (Wildman–Crippen MR) is 62.1 cm³/mol. The van der Waals surface area contributed by atoms with Gasteiger partial charge in [-0.25, -0.2) is 8.42 Å². The maximum atomic E-state index is 11.3. The summed E-state index contributed by atoms with van der Waals surface area (Å²) in [6.45, 7) is 5.05. The molecule has 0 aliphatic rings. The molecule has 8 heteroatoms. The molecule has 16 heavy (non-hydrogen) atoms. The second-order valence-corrected chi connectivity index (χ2v) is 6.31. The molecule has 0 bridgehead atoms. The molecular weight excluding hydrogens is 250 g/mol. The number of nitrogens with zero attached hydrogens (tertiary/aromatic N) is 2. The van der Waals surface area contributed by atoms with Gasteiger partial charge in [-0.2, -0.15) is 0 Å². The second kappa shape index (κ2) is 5.17. The minimum Gasteiger partial charge on any atom is -0.300 e. The average molecular weight is 261 g/mol. The van der Waals surface area contributed by atoms with Crippen molar-refractivity contribution >= 4 is 32.2 Å². The van der Waals surface area contributed by atoms with Crippen LogP contribution in [0.2, 0.25) is 0 Å². The lowest BCUT2D eigenvalue weighted by molar-refractivity contribution is -0.113. The number of aromatic nitrogens is 2. The van der Waals surface area contributed by atoms with E-state index in [0.29, 0.717) is 10.1 Å². The Hall–Kier alpha value is -1.28. The molecule has 1 amide bonds. The van der Waals surface area contributed by atoms with Crippen LogP contribution in [0.3, 0.4) is 0 Å². The Morgan fingerprint density at radius 2 is 2.25 bits per heavy atom. The molecule has 0 saturated heterocycles. The molecule has 0 fully saturated rings. The van der Waals surface area contributed by atoms with Crippen molar-refractivity contribution in [3.8, 4) is 0 Å². The minimum absolute atomic E-state index is 0.213. The lowest BCUT2D eigenvalue weighted by atomic mass is 10.7. The van der Waals surface area contributed by atoms with Crippen LogP contribution in [0.15, 0.2) is 12.7 Å². The van der Waals surface area contributed by atoms with E-state index in [2.05, 4.69) is 22.1 Å². The number of aryl methyl sites for hydroxylation is 1. The van der Waals surface area contributed by atoms with E-state index in [-0.39, 0.29) is 5.75 Å². The molecule has 0 spiro atoms. The second-order valence-electron chi connectivity index (χ2n) is 3.02. The van der Waals surface area contributed by atoms with Gasteiger partial charge >= 0.3 is 0 Å². The highest BCUT2D eigenvalue weighted by molar-refractivity contribution is 7.92. The van der Waals surface area contributed by atoms with Gasteiger partial charge in [-0.15, -0.1) is 16.8 Å². The predicted octanol–water partition coefficient (Wildman–Crippen LogP) is 0.386. The normalized spacial score (nSPS) is 11.1. The molecule has 0 aliphatic heterocycles. The van der Waals surface area contributed by atoms with Crippen molar-refractivity contribution in [2.24, 2.45) is 0 Å². The standard InChI is InChI=1S/C8H11N3O3S2/c1-3-4-16(13,14)5-7(12)9-8-11-10-6(2)15-8/h3H,1,4-5H2,2H3,(H,9,11,12). The summed E-state index contributed by atoms with van der Waals surface area (Å²) in [6, 6.07) is 0. The maximum absolute atomic E-state index is 11.3. The number of sulfone groups is 1. The van der Waals surface area contributed by atoms with Gasteiger partial charge in [0.25, 0.3) is 0 Å². The van der Waals surface area contributed by atoms with E-state index in [0.717, 1.165) is 0 Å². The third-order valence-electron chi connectivity index (χ3n) is 1.50. The number of anilines is 1. The van der Waals surface area contributed by atoms with E-state index in [4.69, 9.17) is 0 Å². The van der Waals surface area contributed by atoms with Crippen molar-refractivity contribution in [3.63, 3.8) is 0 Å². The zero-order valence-electron chi connectivity index (χ0n) is 8.63. The van der Waals surface area contributed by atoms with Crippen LogP contribution in [-0.4, -0.2) is 36.0 Å². The van der Waals surface area contributed by atoms with Gasteiger partial charge in [0.1, 0.15) is 10.8 Å². The van der Waals surface area contributed by atoms with Gasteiger partial charge in [-0.3, -0.25) is 10.1 Å². The number of carbonyl (C=O) groups is 1. The van der Waals surface area contributed by atoms with Crippen LogP contribution in [0.4, 0.5) is 5.13 Å². The summed E-state index contributed by atoms with van der Waals surface area (Å²) in [6.07, 6.45) is 1.25. The van der Waals surface area contributed by atoms with Crippen LogP contribution in [0.25, 0.3) is 0 Å². The fraction of sp³-hybridized carbons (Fsp3) is 0.375. The lowest BCUT2D eigenvalue weighted by Crippen LogP contribution is -2.24. The quantitative estimate of drug-likeness (QED) is 0.774. The van der Waals surface area contributed by atoms with E-state index in [9.17, 15) is 13.2 Å². The largest absolute Gasteiger partial charge is 0.300 e. The topological polar surface area (TPSA) is 89.0 Å². The molecule has 1 aromatic heterocycles. The van der Waals surface area contributed by atoms with Crippen LogP contribution >= 0.6 is 11.3 Å². The first-order chi connectivity index (χ1) is 7.43. The highest BCUT2D eigenvalue weighted by atomic mass is 32.2. The Morgan fingerprint density at radius 3 is 2.75 bits per heavy atom. The number of amides is 1. The minimum atomic E-state index is -3.42. The van der Waals surface area contributed by atoms with Gasteiger partial charge in [-0.1, -0.05) is 17.4 Å². The van der Waals surface area contributed by atoms with Crippen molar-refractivity contribution in [2.45, 2.75) is 6.92 Å². The number of carbonyl (C=O) groups excluding carboxylic acids is 1. The van der Waals surface area contributed by atoms with E-state index in [1.807, 2.05) is 0 Å². The molecule has 88 valence electrons. The summed E-state index contributed by atoms with van der Waals surface area (Å²) in [4.78, 5) is 11.3. The van der Waals surface area contributed by atoms with E-state index >= 15 is 0 Å². The first-order valence-corrected chi connectivity index (χ1v) is 6.98. The summed E-state index contributed by atoms with van der Waals surface area (Å²) < 4.78 is 22.5. The molecule has 0 unspecified atom stereocenters. The number of nitrogens with one attached hydrogen (secondary N) is 1. The highest BCUT2D eigenvalue weighted by Crippen LogP contribution is 2.13. The van der Waals surface area contributed by atoms with Crippen LogP contribution in [0.1, 0.15) is 5.01 Å². The first-order valence-electron chi connectivity index (χ1n) is 4.34. The molecule has 1 heterocycles. The number of hydrogen-bond acceptors (Lipinski definition) is 6. The van der Waals surface area contributed by atoms with Gasteiger partial charge in [0.15, 0.2) is 9.84 Å². The van der Waals surface area contributed by atoms with Crippen molar-refractivity contribution in [1.82, 2.24) is 10.2 Å². The van der Waals surface area contributed by atoms with Crippen molar-refractivity contribution in [3.05, 3.63) is 17.7 Å². The van der Waals surface area contributed by atoms with E-state index < -0.39 is 21.5 Å². The molecule has 1 rings (SSSR count). The van der Waals surface area contributed by atoms with E-state index in [1.54, 1.807) is 6.92 Å². The smallest absolute Gasteiger partial charge is 0.241 e. The summed E-state index contributed by atoms with van der Waals surface area (Å²) in [5, 5.41) is 10.7. The molecule has 0 atom stereocenters. The Morgan fingerprint density at radius 1 is 1.56 bits per heavy atom. The molecule has 0 aliphatic carbocycles.